The van der Waals surface area contributed by atoms with Crippen LogP contribution < -0.4 is 0 Å². The minimum atomic E-state index is 0.785. The summed E-state index contributed by atoms with van der Waals surface area (Å²) in [5.74, 6) is 4.56. The van der Waals surface area contributed by atoms with E-state index >= 15 is 0 Å². The van der Waals surface area contributed by atoms with Crippen molar-refractivity contribution in [3.63, 3.8) is 0 Å². The van der Waals surface area contributed by atoms with Gasteiger partial charge in [0.05, 0.1) is 0 Å². The van der Waals surface area contributed by atoms with Crippen molar-refractivity contribution >= 4 is 0 Å². The first kappa shape index (κ1) is 13.8. The van der Waals surface area contributed by atoms with Gasteiger partial charge in [0, 0.05) is 0 Å². The first-order valence-corrected chi connectivity index (χ1v) is 7.05. The molecule has 0 aromatic rings. The molecule has 0 nitrogen and oxygen atoms in total. The van der Waals surface area contributed by atoms with Crippen LogP contribution in [-0.4, -0.2) is 0 Å². The summed E-state index contributed by atoms with van der Waals surface area (Å²) in [6.45, 7) is 16.5. The third kappa shape index (κ3) is 2.36. The highest BCUT2D eigenvalue weighted by molar-refractivity contribution is 5.14. The Balaban J connectivity index is 2.75. The van der Waals surface area contributed by atoms with E-state index in [9.17, 15) is 0 Å². The van der Waals surface area contributed by atoms with Gasteiger partial charge in [0.15, 0.2) is 0 Å². The van der Waals surface area contributed by atoms with E-state index in [1.165, 1.54) is 18.4 Å². The van der Waals surface area contributed by atoms with Crippen LogP contribution in [0.4, 0.5) is 0 Å². The Morgan fingerprint density at radius 3 is 2.06 bits per heavy atom. The Labute approximate surface area is 103 Å². The highest BCUT2D eigenvalue weighted by atomic mass is 14.5. The monoisotopic (exact) mass is 222 g/mol. The number of rotatable bonds is 4. The highest BCUT2D eigenvalue weighted by Crippen LogP contribution is 2.53. The largest absolute Gasteiger partial charge is 0.0772 e. The molecule has 0 saturated heterocycles. The summed E-state index contributed by atoms with van der Waals surface area (Å²) >= 11 is 0. The van der Waals surface area contributed by atoms with Crippen LogP contribution in [0.25, 0.3) is 0 Å². The average Bonchev–Trinajstić information content (AvgIpc) is 2.26. The standard InChI is InChI=1S/C16H30/c1-8-9-15-12(5)14(7)16(15)13(6)11(4)10(2)3/h12-16H,8-9H2,1-7H3. The second-order valence-electron chi connectivity index (χ2n) is 6.22. The van der Waals surface area contributed by atoms with Crippen LogP contribution >= 0.6 is 0 Å². The molecule has 1 fully saturated rings. The minimum absolute atomic E-state index is 0.785. The van der Waals surface area contributed by atoms with E-state index in [2.05, 4.69) is 48.5 Å². The van der Waals surface area contributed by atoms with Crippen molar-refractivity contribution in [2.75, 3.05) is 0 Å². The summed E-state index contributed by atoms with van der Waals surface area (Å²) in [6, 6.07) is 0. The van der Waals surface area contributed by atoms with E-state index in [1.54, 1.807) is 5.57 Å². The van der Waals surface area contributed by atoms with Gasteiger partial charge in [-0.05, 0) is 50.4 Å². The quantitative estimate of drug-likeness (QED) is 0.566. The SMILES string of the molecule is CCCC1C(C)C(C)C1C(C)C(C)=C(C)C. The van der Waals surface area contributed by atoms with Gasteiger partial charge >= 0.3 is 0 Å². The average molecular weight is 222 g/mol. The lowest BCUT2D eigenvalue weighted by Gasteiger charge is -2.53. The van der Waals surface area contributed by atoms with Gasteiger partial charge in [0.1, 0.15) is 0 Å². The van der Waals surface area contributed by atoms with Crippen LogP contribution in [0.15, 0.2) is 11.1 Å². The van der Waals surface area contributed by atoms with Crippen molar-refractivity contribution in [1.29, 1.82) is 0 Å². The maximum Gasteiger partial charge on any atom is -0.0198 e. The molecule has 1 aliphatic rings. The normalized spacial score (nSPS) is 35.4. The second kappa shape index (κ2) is 5.38. The van der Waals surface area contributed by atoms with Gasteiger partial charge in [0.25, 0.3) is 0 Å². The summed E-state index contributed by atoms with van der Waals surface area (Å²) in [5, 5.41) is 0. The van der Waals surface area contributed by atoms with E-state index in [0.717, 1.165) is 29.6 Å². The van der Waals surface area contributed by atoms with Gasteiger partial charge < -0.3 is 0 Å². The molecule has 0 aromatic carbocycles. The molecular weight excluding hydrogens is 192 g/mol. The van der Waals surface area contributed by atoms with Gasteiger partial charge in [-0.15, -0.1) is 0 Å². The van der Waals surface area contributed by atoms with Crippen molar-refractivity contribution in [1.82, 2.24) is 0 Å². The predicted octanol–water partition coefficient (Wildman–Crippen LogP) is 5.30. The molecule has 0 heterocycles. The molecule has 0 spiro atoms. The summed E-state index contributed by atoms with van der Waals surface area (Å²) < 4.78 is 0. The molecule has 5 unspecified atom stereocenters. The van der Waals surface area contributed by atoms with E-state index in [1.807, 2.05) is 0 Å². The van der Waals surface area contributed by atoms with Gasteiger partial charge in [-0.3, -0.25) is 0 Å². The van der Waals surface area contributed by atoms with E-state index < -0.39 is 0 Å². The summed E-state index contributed by atoms with van der Waals surface area (Å²) in [5.41, 5.74) is 3.15. The van der Waals surface area contributed by atoms with Crippen molar-refractivity contribution in [3.05, 3.63) is 11.1 Å². The summed E-state index contributed by atoms with van der Waals surface area (Å²) in [6.07, 6.45) is 2.77. The maximum absolute atomic E-state index is 2.45. The molecule has 1 rings (SSSR count). The second-order valence-corrected chi connectivity index (χ2v) is 6.22. The fourth-order valence-electron chi connectivity index (χ4n) is 3.69. The van der Waals surface area contributed by atoms with Gasteiger partial charge in [-0.25, -0.2) is 0 Å². The van der Waals surface area contributed by atoms with E-state index in [4.69, 9.17) is 0 Å². The summed E-state index contributed by atoms with van der Waals surface area (Å²) in [7, 11) is 0. The molecular formula is C16H30. The molecule has 0 aliphatic heterocycles. The Morgan fingerprint density at radius 2 is 1.62 bits per heavy atom. The van der Waals surface area contributed by atoms with Crippen LogP contribution in [0.3, 0.4) is 0 Å². The van der Waals surface area contributed by atoms with Gasteiger partial charge in [-0.2, -0.15) is 0 Å². The number of hydrogen-bond donors (Lipinski definition) is 0. The van der Waals surface area contributed by atoms with E-state index in [-0.39, 0.29) is 0 Å². The van der Waals surface area contributed by atoms with Crippen LogP contribution in [-0.2, 0) is 0 Å². The molecule has 0 radical (unpaired) electrons. The molecule has 1 saturated carbocycles. The fraction of sp³-hybridized carbons (Fsp3) is 0.875. The smallest absolute Gasteiger partial charge is 0.0198 e. The lowest BCUT2D eigenvalue weighted by atomic mass is 9.52. The zero-order valence-corrected chi connectivity index (χ0v) is 12.3. The molecule has 0 heteroatoms. The van der Waals surface area contributed by atoms with Crippen molar-refractivity contribution < 1.29 is 0 Å². The lowest BCUT2D eigenvalue weighted by Crippen LogP contribution is -2.47. The van der Waals surface area contributed by atoms with Crippen molar-refractivity contribution in [3.8, 4) is 0 Å². The maximum atomic E-state index is 2.45. The fourth-order valence-corrected chi connectivity index (χ4v) is 3.69. The third-order valence-electron chi connectivity index (χ3n) is 5.28. The molecule has 0 amide bonds. The number of hydrogen-bond acceptors (Lipinski definition) is 0. The molecule has 1 aliphatic carbocycles. The van der Waals surface area contributed by atoms with Crippen LogP contribution in [0.1, 0.15) is 61.3 Å². The number of allylic oxidation sites excluding steroid dienone is 2. The van der Waals surface area contributed by atoms with Crippen LogP contribution in [0, 0.1) is 29.6 Å². The minimum Gasteiger partial charge on any atom is -0.0772 e. The van der Waals surface area contributed by atoms with Crippen LogP contribution in [0.5, 0.6) is 0 Å². The van der Waals surface area contributed by atoms with Gasteiger partial charge in [0.2, 0.25) is 0 Å². The molecule has 0 N–H and O–H groups in total. The van der Waals surface area contributed by atoms with Gasteiger partial charge in [-0.1, -0.05) is 51.7 Å². The topological polar surface area (TPSA) is 0 Å². The molecule has 94 valence electrons. The first-order chi connectivity index (χ1) is 7.41. The Hall–Kier alpha value is -0.260. The molecule has 16 heavy (non-hydrogen) atoms. The Morgan fingerprint density at radius 1 is 1.06 bits per heavy atom. The lowest BCUT2D eigenvalue weighted by molar-refractivity contribution is -0.0306. The molecule has 0 aromatic heterocycles. The van der Waals surface area contributed by atoms with E-state index in [0.29, 0.717) is 0 Å². The zero-order valence-electron chi connectivity index (χ0n) is 12.3. The summed E-state index contributed by atoms with van der Waals surface area (Å²) in [4.78, 5) is 0. The Bertz CT molecular complexity index is 257. The first-order valence-electron chi connectivity index (χ1n) is 7.05. The zero-order chi connectivity index (χ0) is 12.5. The Kier molecular flexibility index (Phi) is 4.64. The molecule has 0 bridgehead atoms. The van der Waals surface area contributed by atoms with Crippen LogP contribution in [0.2, 0.25) is 0 Å². The highest BCUT2D eigenvalue weighted by Gasteiger charge is 2.46. The van der Waals surface area contributed by atoms with Crippen molar-refractivity contribution in [2.24, 2.45) is 29.6 Å². The third-order valence-corrected chi connectivity index (χ3v) is 5.28. The molecule has 5 atom stereocenters. The van der Waals surface area contributed by atoms with Crippen molar-refractivity contribution in [2.45, 2.75) is 61.3 Å². The predicted molar refractivity (Wildman–Crippen MR) is 73.4 cm³/mol.